The first kappa shape index (κ1) is 20.9. The second-order valence-corrected chi connectivity index (χ2v) is 8.44. The fourth-order valence-corrected chi connectivity index (χ4v) is 4.37. The number of hydrogen-bond donors (Lipinski definition) is 1. The summed E-state index contributed by atoms with van der Waals surface area (Å²) in [6.07, 6.45) is 3.69. The lowest BCUT2D eigenvalue weighted by Gasteiger charge is -2.11. The minimum absolute atomic E-state index is 0.0843. The summed E-state index contributed by atoms with van der Waals surface area (Å²) in [6, 6.07) is 16.2. The number of rotatable bonds is 6. The third-order valence-corrected chi connectivity index (χ3v) is 6.07. The predicted octanol–water partition coefficient (Wildman–Crippen LogP) is 5.02. The smallest absolute Gasteiger partial charge is 0.234 e. The number of aryl methyl sites for hydroxylation is 3. The van der Waals surface area contributed by atoms with E-state index >= 15 is 0 Å². The van der Waals surface area contributed by atoms with Crippen molar-refractivity contribution in [3.8, 4) is 11.4 Å². The number of nitrogens with zero attached hydrogens (tertiary/aromatic N) is 4. The first-order valence-electron chi connectivity index (χ1n) is 10.1. The minimum atomic E-state index is -0.0843. The van der Waals surface area contributed by atoms with E-state index in [0.717, 1.165) is 33.6 Å². The van der Waals surface area contributed by atoms with Crippen LogP contribution in [0.5, 0.6) is 0 Å². The molecule has 7 heteroatoms. The molecule has 0 fully saturated rings. The Morgan fingerprint density at radius 3 is 2.58 bits per heavy atom. The molecule has 0 unspecified atom stereocenters. The van der Waals surface area contributed by atoms with Crippen molar-refractivity contribution in [2.45, 2.75) is 32.9 Å². The lowest BCUT2D eigenvalue weighted by molar-refractivity contribution is -0.113. The van der Waals surface area contributed by atoms with Gasteiger partial charge >= 0.3 is 0 Å². The van der Waals surface area contributed by atoms with Crippen LogP contribution in [0.25, 0.3) is 11.4 Å². The number of imidazole rings is 1. The summed E-state index contributed by atoms with van der Waals surface area (Å²) in [7, 11) is 0. The number of thioether (sulfide) groups is 1. The van der Waals surface area contributed by atoms with Crippen molar-refractivity contribution in [2.24, 2.45) is 0 Å². The van der Waals surface area contributed by atoms with Crippen LogP contribution in [0.15, 0.2) is 66.1 Å². The molecule has 0 spiro atoms. The lowest BCUT2D eigenvalue weighted by Crippen LogP contribution is -2.15. The van der Waals surface area contributed by atoms with Crippen LogP contribution in [0.2, 0.25) is 0 Å². The van der Waals surface area contributed by atoms with Crippen molar-refractivity contribution in [2.75, 3.05) is 11.1 Å². The molecule has 0 saturated carbocycles. The van der Waals surface area contributed by atoms with Crippen molar-refractivity contribution >= 4 is 23.4 Å². The van der Waals surface area contributed by atoms with E-state index in [9.17, 15) is 4.79 Å². The van der Waals surface area contributed by atoms with Gasteiger partial charge in [-0.1, -0.05) is 47.7 Å². The van der Waals surface area contributed by atoms with Gasteiger partial charge in [-0.15, -0.1) is 0 Å². The van der Waals surface area contributed by atoms with Gasteiger partial charge in [0.15, 0.2) is 5.16 Å². The van der Waals surface area contributed by atoms with E-state index in [-0.39, 0.29) is 11.7 Å². The van der Waals surface area contributed by atoms with Crippen LogP contribution in [0.1, 0.15) is 22.5 Å². The second kappa shape index (κ2) is 8.81. The summed E-state index contributed by atoms with van der Waals surface area (Å²) in [4.78, 5) is 17.2. The number of nitrogens with one attached hydrogen (secondary N) is 1. The summed E-state index contributed by atoms with van der Waals surface area (Å²) in [5, 5.41) is 8.41. The Morgan fingerprint density at radius 2 is 1.84 bits per heavy atom. The maximum absolute atomic E-state index is 12.7. The molecule has 0 atom stereocenters. The molecule has 0 aliphatic heterocycles. The number of anilines is 1. The Bertz CT molecular complexity index is 1230. The fourth-order valence-electron chi connectivity index (χ4n) is 3.61. The molecule has 1 amide bonds. The van der Waals surface area contributed by atoms with Gasteiger partial charge < -0.3 is 5.32 Å². The Hall–Kier alpha value is -3.32. The van der Waals surface area contributed by atoms with E-state index in [1.165, 1.54) is 22.9 Å². The molecule has 2 aromatic heterocycles. The number of aromatic nitrogens is 4. The van der Waals surface area contributed by atoms with Crippen LogP contribution in [0.3, 0.4) is 0 Å². The lowest BCUT2D eigenvalue weighted by atomic mass is 10.1. The minimum Gasteiger partial charge on any atom is -0.322 e. The van der Waals surface area contributed by atoms with Crippen LogP contribution >= 0.6 is 11.8 Å². The second-order valence-electron chi connectivity index (χ2n) is 7.50. The molecule has 31 heavy (non-hydrogen) atoms. The molecular weight excluding hydrogens is 406 g/mol. The van der Waals surface area contributed by atoms with E-state index in [1.54, 1.807) is 6.20 Å². The maximum atomic E-state index is 12.7. The molecular formula is C24H25N5OS. The SMILES string of the molecule is Cc1ccc(-n2ccnc2SCC(=O)Nc2c(C)nn(-c3ccccc3)c2C)c(C)c1. The largest absolute Gasteiger partial charge is 0.322 e. The van der Waals surface area contributed by atoms with Gasteiger partial charge in [-0.05, 0) is 51.5 Å². The van der Waals surface area contributed by atoms with Gasteiger partial charge in [0.25, 0.3) is 0 Å². The van der Waals surface area contributed by atoms with Gasteiger partial charge in [0.2, 0.25) is 5.91 Å². The topological polar surface area (TPSA) is 64.7 Å². The van der Waals surface area contributed by atoms with Crippen LogP contribution in [-0.2, 0) is 4.79 Å². The molecule has 1 N–H and O–H groups in total. The van der Waals surface area contributed by atoms with Gasteiger partial charge in [0.1, 0.15) is 0 Å². The molecule has 2 heterocycles. The number of carbonyl (C=O) groups excluding carboxylic acids is 1. The van der Waals surface area contributed by atoms with Crippen LogP contribution < -0.4 is 5.32 Å². The molecule has 6 nitrogen and oxygen atoms in total. The fraction of sp³-hybridized carbons (Fsp3) is 0.208. The first-order chi connectivity index (χ1) is 14.9. The number of carbonyl (C=O) groups is 1. The van der Waals surface area contributed by atoms with E-state index < -0.39 is 0 Å². The molecule has 4 rings (SSSR count). The predicted molar refractivity (Wildman–Crippen MR) is 125 cm³/mol. The van der Waals surface area contributed by atoms with Crippen molar-refractivity contribution in [3.05, 3.63) is 83.4 Å². The molecule has 158 valence electrons. The molecule has 0 radical (unpaired) electrons. The quantitative estimate of drug-likeness (QED) is 0.435. The van der Waals surface area contributed by atoms with Crippen molar-refractivity contribution < 1.29 is 4.79 Å². The third kappa shape index (κ3) is 4.41. The Labute approximate surface area is 186 Å². The van der Waals surface area contributed by atoms with Crippen LogP contribution in [0.4, 0.5) is 5.69 Å². The monoisotopic (exact) mass is 431 g/mol. The van der Waals surface area contributed by atoms with Crippen LogP contribution in [-0.4, -0.2) is 31.0 Å². The van der Waals surface area contributed by atoms with Gasteiger partial charge in [-0.2, -0.15) is 5.10 Å². The Balaban J connectivity index is 1.47. The molecule has 0 saturated heterocycles. The number of hydrogen-bond acceptors (Lipinski definition) is 4. The van der Waals surface area contributed by atoms with Gasteiger partial charge in [-0.25, -0.2) is 9.67 Å². The van der Waals surface area contributed by atoms with E-state index in [0.29, 0.717) is 0 Å². The molecule has 0 aliphatic rings. The van der Waals surface area contributed by atoms with E-state index in [4.69, 9.17) is 0 Å². The summed E-state index contributed by atoms with van der Waals surface area (Å²) in [6.45, 7) is 8.03. The molecule has 2 aromatic carbocycles. The van der Waals surface area contributed by atoms with Crippen molar-refractivity contribution in [1.82, 2.24) is 19.3 Å². The number of amides is 1. The average Bonchev–Trinajstić information content (AvgIpc) is 3.33. The molecule has 0 bridgehead atoms. The van der Waals surface area contributed by atoms with E-state index in [1.807, 2.05) is 59.6 Å². The standard InChI is InChI=1S/C24H25N5OS/c1-16-10-11-21(17(2)14-16)28-13-12-25-24(28)31-15-22(30)26-23-18(3)27-29(19(23)4)20-8-6-5-7-9-20/h5-14H,15H2,1-4H3,(H,26,30). The molecule has 4 aromatic rings. The summed E-state index contributed by atoms with van der Waals surface area (Å²) in [5.41, 5.74) is 6.87. The highest BCUT2D eigenvalue weighted by atomic mass is 32.2. The zero-order valence-corrected chi connectivity index (χ0v) is 18.9. The highest BCUT2D eigenvalue weighted by Crippen LogP contribution is 2.25. The zero-order chi connectivity index (χ0) is 22.0. The highest BCUT2D eigenvalue weighted by molar-refractivity contribution is 7.99. The number of para-hydroxylation sites is 1. The van der Waals surface area contributed by atoms with Crippen molar-refractivity contribution in [1.29, 1.82) is 0 Å². The van der Waals surface area contributed by atoms with Crippen LogP contribution in [0, 0.1) is 27.7 Å². The maximum Gasteiger partial charge on any atom is 0.234 e. The summed E-state index contributed by atoms with van der Waals surface area (Å²) < 4.78 is 3.88. The highest BCUT2D eigenvalue weighted by Gasteiger charge is 2.16. The van der Waals surface area contributed by atoms with Gasteiger partial charge in [0.05, 0.1) is 34.2 Å². The Kier molecular flexibility index (Phi) is 5.95. The summed E-state index contributed by atoms with van der Waals surface area (Å²) >= 11 is 1.42. The first-order valence-corrected chi connectivity index (χ1v) is 11.1. The van der Waals surface area contributed by atoms with E-state index in [2.05, 4.69) is 47.4 Å². The normalized spacial score (nSPS) is 11.0. The molecule has 0 aliphatic carbocycles. The third-order valence-electron chi connectivity index (χ3n) is 5.11. The summed E-state index contributed by atoms with van der Waals surface area (Å²) in [5.74, 6) is 0.177. The van der Waals surface area contributed by atoms with Crippen molar-refractivity contribution in [3.63, 3.8) is 0 Å². The van der Waals surface area contributed by atoms with Gasteiger partial charge in [0, 0.05) is 12.4 Å². The van der Waals surface area contributed by atoms with Gasteiger partial charge in [-0.3, -0.25) is 9.36 Å². The zero-order valence-electron chi connectivity index (χ0n) is 18.1. The number of benzene rings is 2. The average molecular weight is 432 g/mol. The Morgan fingerprint density at radius 1 is 1.06 bits per heavy atom.